The number of pyridine rings is 1. The molecule has 0 amide bonds. The molecule has 1 heterocycles. The molecule has 0 fully saturated rings. The molecule has 0 atom stereocenters. The predicted octanol–water partition coefficient (Wildman–Crippen LogP) is 3.80. The van der Waals surface area contributed by atoms with E-state index in [9.17, 15) is 0 Å². The van der Waals surface area contributed by atoms with Crippen LogP contribution in [0.15, 0.2) is 18.3 Å². The third-order valence-electron chi connectivity index (χ3n) is 1.37. The van der Waals surface area contributed by atoms with Gasteiger partial charge < -0.3 is 10.9 Å². The molecule has 0 radical (unpaired) electrons. The fourth-order valence-corrected chi connectivity index (χ4v) is 0.735. The van der Waals surface area contributed by atoms with E-state index >= 15 is 0 Å². The summed E-state index contributed by atoms with van der Waals surface area (Å²) in [5.41, 5.74) is 1.24. The zero-order chi connectivity index (χ0) is 11.2. The van der Waals surface area contributed by atoms with Crippen LogP contribution in [0.2, 0.25) is 0 Å². The molecule has 0 spiro atoms. The van der Waals surface area contributed by atoms with Crippen molar-refractivity contribution in [3.8, 4) is 0 Å². The van der Waals surface area contributed by atoms with Gasteiger partial charge in [0.2, 0.25) is 0 Å². The number of nitrogens with zero attached hydrogens (tertiary/aromatic N) is 1. The topological polar surface area (TPSA) is 12.9 Å². The molecule has 1 nitrogen and oxygen atoms in total. The Bertz CT molecular complexity index is 234. The Hall–Kier alpha value is -0.162. The van der Waals surface area contributed by atoms with E-state index in [0.29, 0.717) is 0 Å². The zero-order valence-corrected chi connectivity index (χ0v) is 13.5. The fraction of sp³-hybridized carbons (Fsp3) is 0.538. The van der Waals surface area contributed by atoms with E-state index in [1.54, 1.807) is 6.20 Å². The molecule has 0 unspecified atom stereocenters. The summed E-state index contributed by atoms with van der Waals surface area (Å²) in [4.78, 5) is 4.22. The van der Waals surface area contributed by atoms with Crippen LogP contribution >= 0.6 is 0 Å². The first-order chi connectivity index (χ1) is 6.34. The molecule has 84 valence electrons. The Morgan fingerprint density at radius 2 is 1.67 bits per heavy atom. The summed E-state index contributed by atoms with van der Waals surface area (Å²) in [6, 6.07) is 6.75. The van der Waals surface area contributed by atoms with Gasteiger partial charge in [0, 0.05) is 0 Å². The minimum Gasteiger partial charge on any atom is -0.387 e. The van der Waals surface area contributed by atoms with Crippen LogP contribution in [0.1, 0.15) is 47.2 Å². The molecule has 0 aromatic carbocycles. The van der Waals surface area contributed by atoms with Crippen molar-refractivity contribution < 1.29 is 21.1 Å². The van der Waals surface area contributed by atoms with Gasteiger partial charge in [0.25, 0.3) is 0 Å². The van der Waals surface area contributed by atoms with Gasteiger partial charge in [0.05, 0.1) is 0 Å². The SMILES string of the molecule is CC(C)(C)c1c[c-]ccn1.C[C-](C)C.[W+2]. The molecule has 0 saturated carbocycles. The molecule has 0 saturated heterocycles. The van der Waals surface area contributed by atoms with E-state index in [1.165, 1.54) is 5.92 Å². The van der Waals surface area contributed by atoms with E-state index in [-0.39, 0.29) is 26.5 Å². The summed E-state index contributed by atoms with van der Waals surface area (Å²) in [5.74, 6) is 1.42. The number of rotatable bonds is 0. The van der Waals surface area contributed by atoms with Crippen LogP contribution in [0.25, 0.3) is 0 Å². The van der Waals surface area contributed by atoms with Crippen molar-refractivity contribution in [1.29, 1.82) is 0 Å². The van der Waals surface area contributed by atoms with Gasteiger partial charge in [-0.25, -0.2) is 0 Å². The van der Waals surface area contributed by atoms with E-state index in [4.69, 9.17) is 0 Å². The van der Waals surface area contributed by atoms with Gasteiger partial charge in [-0.05, 0) is 5.41 Å². The van der Waals surface area contributed by atoms with Gasteiger partial charge in [0.1, 0.15) is 0 Å². The Balaban J connectivity index is 0. The third kappa shape index (κ3) is 10.1. The van der Waals surface area contributed by atoms with Gasteiger partial charge in [-0.15, -0.1) is 0 Å². The molecule has 0 aliphatic rings. The molecule has 1 aromatic rings. The molecule has 0 N–H and O–H groups in total. The molecule has 0 aliphatic heterocycles. The maximum absolute atomic E-state index is 4.22. The van der Waals surface area contributed by atoms with Crippen LogP contribution in [0.4, 0.5) is 0 Å². The largest absolute Gasteiger partial charge is 2.00 e. The van der Waals surface area contributed by atoms with Gasteiger partial charge in [0.15, 0.2) is 0 Å². The first kappa shape index (κ1) is 17.2. The van der Waals surface area contributed by atoms with Crippen molar-refractivity contribution in [2.75, 3.05) is 0 Å². The summed E-state index contributed by atoms with van der Waals surface area (Å²) < 4.78 is 0. The molecular weight excluding hydrogens is 354 g/mol. The van der Waals surface area contributed by atoms with Crippen LogP contribution in [-0.4, -0.2) is 4.98 Å². The van der Waals surface area contributed by atoms with Crippen molar-refractivity contribution in [3.63, 3.8) is 0 Å². The predicted molar refractivity (Wildman–Crippen MR) is 62.0 cm³/mol. The van der Waals surface area contributed by atoms with Gasteiger partial charge in [-0.1, -0.05) is 32.7 Å². The Labute approximate surface area is 109 Å². The fourth-order valence-electron chi connectivity index (χ4n) is 0.735. The second-order valence-corrected chi connectivity index (χ2v) is 4.89. The van der Waals surface area contributed by atoms with Gasteiger partial charge >= 0.3 is 21.1 Å². The van der Waals surface area contributed by atoms with Crippen LogP contribution in [0, 0.1) is 12.0 Å². The summed E-state index contributed by atoms with van der Waals surface area (Å²) in [7, 11) is 0. The van der Waals surface area contributed by atoms with Crippen molar-refractivity contribution in [1.82, 2.24) is 4.98 Å². The molecule has 1 aromatic heterocycles. The molecule has 0 aliphatic carbocycles. The zero-order valence-electron chi connectivity index (χ0n) is 10.6. The third-order valence-corrected chi connectivity index (χ3v) is 1.37. The van der Waals surface area contributed by atoms with Gasteiger partial charge in [-0.2, -0.15) is 39.0 Å². The van der Waals surface area contributed by atoms with Crippen molar-refractivity contribution in [3.05, 3.63) is 36.0 Å². The Morgan fingerprint density at radius 3 is 1.87 bits per heavy atom. The van der Waals surface area contributed by atoms with E-state index in [1.807, 2.05) is 12.1 Å². The average molecular weight is 375 g/mol. The first-order valence-corrected chi connectivity index (χ1v) is 4.93. The van der Waals surface area contributed by atoms with Crippen molar-refractivity contribution in [2.45, 2.75) is 47.0 Å². The minimum atomic E-state index is 0. The quantitative estimate of drug-likeness (QED) is 0.629. The standard InChI is InChI=1S/C9H12N.C4H9.W/c1-9(2,3)8-6-4-5-7-10-8;1-4(2)3;/h5-7H,1-3H3;1-3H3;/q2*-1;+2. The molecule has 0 bridgehead atoms. The second-order valence-electron chi connectivity index (χ2n) is 4.89. The summed E-state index contributed by atoms with van der Waals surface area (Å²) >= 11 is 0. The van der Waals surface area contributed by atoms with E-state index in [2.05, 4.69) is 52.6 Å². The number of hydrogen-bond acceptors (Lipinski definition) is 1. The van der Waals surface area contributed by atoms with Crippen molar-refractivity contribution in [2.24, 2.45) is 0 Å². The Morgan fingerprint density at radius 1 is 1.20 bits per heavy atom. The Kier molecular flexibility index (Phi) is 9.25. The summed E-state index contributed by atoms with van der Waals surface area (Å²) in [5, 5.41) is 0. The maximum atomic E-state index is 4.22. The minimum absolute atomic E-state index is 0. The maximum Gasteiger partial charge on any atom is 2.00 e. The van der Waals surface area contributed by atoms with Crippen LogP contribution in [0.3, 0.4) is 0 Å². The van der Waals surface area contributed by atoms with Crippen LogP contribution < -0.4 is 0 Å². The van der Waals surface area contributed by atoms with Crippen LogP contribution in [0.5, 0.6) is 0 Å². The summed E-state index contributed by atoms with van der Waals surface area (Å²) in [6.07, 6.45) is 1.78. The molecule has 1 rings (SSSR count). The first-order valence-electron chi connectivity index (χ1n) is 4.93. The molecular formula is C13H21NW. The molecule has 2 heteroatoms. The monoisotopic (exact) mass is 375 g/mol. The van der Waals surface area contributed by atoms with Crippen LogP contribution in [-0.2, 0) is 26.5 Å². The molecule has 15 heavy (non-hydrogen) atoms. The number of hydrogen-bond donors (Lipinski definition) is 0. The average Bonchev–Trinajstić information content (AvgIpc) is 2.03. The van der Waals surface area contributed by atoms with Gasteiger partial charge in [-0.3, -0.25) is 0 Å². The van der Waals surface area contributed by atoms with E-state index in [0.717, 1.165) is 5.69 Å². The number of aromatic nitrogens is 1. The van der Waals surface area contributed by atoms with Crippen molar-refractivity contribution >= 4 is 0 Å². The normalized spacial score (nSPS) is 10.1. The summed E-state index contributed by atoms with van der Waals surface area (Å²) in [6.45, 7) is 12.7. The second kappa shape index (κ2) is 8.04. The smallest absolute Gasteiger partial charge is 0.387 e. The van der Waals surface area contributed by atoms with E-state index < -0.39 is 0 Å².